The lowest BCUT2D eigenvalue weighted by molar-refractivity contribution is -0.127. The summed E-state index contributed by atoms with van der Waals surface area (Å²) in [6.45, 7) is 1.84. The quantitative estimate of drug-likeness (QED) is 0.927. The maximum atomic E-state index is 12.5. The van der Waals surface area contributed by atoms with Crippen LogP contribution >= 0.6 is 0 Å². The standard InChI is InChI=1S/C17H24N4O/c22-16(15-11-12-2-3-13(15)10-12)20-14-4-8-21(9-5-14)17-18-6-1-7-19-17/h1,6-7,12-15H,2-5,8-11H2,(H,20,22)/t12-,13-,15-/m0/s1. The Balaban J connectivity index is 1.28. The van der Waals surface area contributed by atoms with Crippen LogP contribution in [0.5, 0.6) is 0 Å². The van der Waals surface area contributed by atoms with E-state index in [4.69, 9.17) is 0 Å². The Morgan fingerprint density at radius 2 is 1.86 bits per heavy atom. The van der Waals surface area contributed by atoms with Gasteiger partial charge in [-0.2, -0.15) is 0 Å². The average molecular weight is 300 g/mol. The first-order valence-electron chi connectivity index (χ1n) is 8.62. The molecule has 2 saturated carbocycles. The Bertz CT molecular complexity index is 527. The molecule has 1 aromatic heterocycles. The van der Waals surface area contributed by atoms with E-state index in [2.05, 4.69) is 20.2 Å². The molecule has 0 unspecified atom stereocenters. The third-order valence-electron chi connectivity index (χ3n) is 5.75. The highest BCUT2D eigenvalue weighted by Crippen LogP contribution is 2.48. The monoisotopic (exact) mass is 300 g/mol. The fourth-order valence-electron chi connectivity index (χ4n) is 4.55. The summed E-state index contributed by atoms with van der Waals surface area (Å²) in [6, 6.07) is 2.16. The number of carbonyl (C=O) groups is 1. The molecule has 3 atom stereocenters. The number of piperidine rings is 1. The zero-order valence-electron chi connectivity index (χ0n) is 12.9. The molecule has 5 heteroatoms. The van der Waals surface area contributed by atoms with E-state index in [-0.39, 0.29) is 0 Å². The van der Waals surface area contributed by atoms with Crippen molar-refractivity contribution in [3.05, 3.63) is 18.5 Å². The third kappa shape index (κ3) is 2.69. The second-order valence-corrected chi connectivity index (χ2v) is 7.10. The summed E-state index contributed by atoms with van der Waals surface area (Å²) in [5, 5.41) is 3.31. The van der Waals surface area contributed by atoms with E-state index >= 15 is 0 Å². The number of aromatic nitrogens is 2. The Kier molecular flexibility index (Phi) is 3.72. The van der Waals surface area contributed by atoms with Crippen molar-refractivity contribution >= 4 is 11.9 Å². The lowest BCUT2D eigenvalue weighted by atomic mass is 9.87. The second-order valence-electron chi connectivity index (χ2n) is 7.10. The highest BCUT2D eigenvalue weighted by molar-refractivity contribution is 5.79. The minimum Gasteiger partial charge on any atom is -0.353 e. The van der Waals surface area contributed by atoms with Crippen molar-refractivity contribution in [2.24, 2.45) is 17.8 Å². The first-order chi connectivity index (χ1) is 10.8. The van der Waals surface area contributed by atoms with Gasteiger partial charge in [-0.05, 0) is 50.0 Å². The lowest BCUT2D eigenvalue weighted by Gasteiger charge is -2.33. The fraction of sp³-hybridized carbons (Fsp3) is 0.706. The van der Waals surface area contributed by atoms with E-state index < -0.39 is 0 Å². The zero-order chi connectivity index (χ0) is 14.9. The molecule has 3 aliphatic rings. The van der Waals surface area contributed by atoms with E-state index in [0.29, 0.717) is 23.8 Å². The van der Waals surface area contributed by atoms with Gasteiger partial charge in [-0.1, -0.05) is 6.42 Å². The van der Waals surface area contributed by atoms with Gasteiger partial charge in [0.2, 0.25) is 11.9 Å². The average Bonchev–Trinajstić information content (AvgIpc) is 3.19. The Morgan fingerprint density at radius 1 is 1.09 bits per heavy atom. The summed E-state index contributed by atoms with van der Waals surface area (Å²) in [7, 11) is 0. The molecular formula is C17H24N4O. The molecule has 3 fully saturated rings. The first-order valence-corrected chi connectivity index (χ1v) is 8.62. The summed E-state index contributed by atoms with van der Waals surface area (Å²) in [5.74, 6) is 2.93. The summed E-state index contributed by atoms with van der Waals surface area (Å²) in [5.41, 5.74) is 0. The fourth-order valence-corrected chi connectivity index (χ4v) is 4.55. The summed E-state index contributed by atoms with van der Waals surface area (Å²) in [4.78, 5) is 23.3. The van der Waals surface area contributed by atoms with Gasteiger partial charge < -0.3 is 10.2 Å². The predicted octanol–water partition coefficient (Wildman–Crippen LogP) is 2.00. The van der Waals surface area contributed by atoms with Crippen molar-refractivity contribution in [2.45, 2.75) is 44.6 Å². The molecule has 1 N–H and O–H groups in total. The maximum absolute atomic E-state index is 12.5. The summed E-state index contributed by atoms with van der Waals surface area (Å²) in [6.07, 6.45) is 10.6. The van der Waals surface area contributed by atoms with Crippen LogP contribution in [0.2, 0.25) is 0 Å². The Morgan fingerprint density at radius 3 is 2.50 bits per heavy atom. The topological polar surface area (TPSA) is 58.1 Å². The molecule has 118 valence electrons. The molecule has 0 aromatic carbocycles. The number of anilines is 1. The van der Waals surface area contributed by atoms with Crippen molar-refractivity contribution in [1.29, 1.82) is 0 Å². The van der Waals surface area contributed by atoms with Crippen LogP contribution in [0, 0.1) is 17.8 Å². The zero-order valence-corrected chi connectivity index (χ0v) is 12.9. The van der Waals surface area contributed by atoms with Gasteiger partial charge in [0.1, 0.15) is 0 Å². The van der Waals surface area contributed by atoms with E-state index in [0.717, 1.165) is 44.2 Å². The van der Waals surface area contributed by atoms with Gasteiger partial charge in [0, 0.05) is 37.4 Å². The molecular weight excluding hydrogens is 276 g/mol. The molecule has 22 heavy (non-hydrogen) atoms. The number of amides is 1. The molecule has 2 heterocycles. The van der Waals surface area contributed by atoms with Crippen LogP contribution in [-0.4, -0.2) is 35.0 Å². The molecule has 0 radical (unpaired) electrons. The van der Waals surface area contributed by atoms with Crippen molar-refractivity contribution in [1.82, 2.24) is 15.3 Å². The molecule has 5 nitrogen and oxygen atoms in total. The van der Waals surface area contributed by atoms with Crippen LogP contribution in [0.25, 0.3) is 0 Å². The van der Waals surface area contributed by atoms with Gasteiger partial charge in [0.05, 0.1) is 0 Å². The van der Waals surface area contributed by atoms with Crippen LogP contribution in [0.15, 0.2) is 18.5 Å². The van der Waals surface area contributed by atoms with Crippen molar-refractivity contribution in [2.75, 3.05) is 18.0 Å². The lowest BCUT2D eigenvalue weighted by Crippen LogP contribution is -2.47. The smallest absolute Gasteiger partial charge is 0.225 e. The maximum Gasteiger partial charge on any atom is 0.225 e. The number of carbonyl (C=O) groups excluding carboxylic acids is 1. The van der Waals surface area contributed by atoms with Crippen LogP contribution < -0.4 is 10.2 Å². The van der Waals surface area contributed by atoms with Crippen molar-refractivity contribution in [3.63, 3.8) is 0 Å². The van der Waals surface area contributed by atoms with Crippen LogP contribution in [0.3, 0.4) is 0 Å². The number of rotatable bonds is 3. The van der Waals surface area contributed by atoms with Gasteiger partial charge in [0.15, 0.2) is 0 Å². The first kappa shape index (κ1) is 14.0. The number of nitrogens with zero attached hydrogens (tertiary/aromatic N) is 3. The minimum atomic E-state index is 0.300. The number of hydrogen-bond donors (Lipinski definition) is 1. The highest BCUT2D eigenvalue weighted by atomic mass is 16.2. The summed E-state index contributed by atoms with van der Waals surface area (Å²) >= 11 is 0. The van der Waals surface area contributed by atoms with Crippen LogP contribution in [0.1, 0.15) is 38.5 Å². The van der Waals surface area contributed by atoms with Gasteiger partial charge in [-0.15, -0.1) is 0 Å². The number of fused-ring (bicyclic) bond motifs is 2. The molecule has 2 aliphatic carbocycles. The predicted molar refractivity (Wildman–Crippen MR) is 84.3 cm³/mol. The SMILES string of the molecule is O=C(NC1CCN(c2ncccn2)CC1)[C@H]1C[C@H]2CC[C@H]1C2. The third-order valence-corrected chi connectivity index (χ3v) is 5.75. The van der Waals surface area contributed by atoms with E-state index in [1.165, 1.54) is 19.3 Å². The largest absolute Gasteiger partial charge is 0.353 e. The van der Waals surface area contributed by atoms with E-state index in [9.17, 15) is 4.79 Å². The molecule has 2 bridgehead atoms. The van der Waals surface area contributed by atoms with Gasteiger partial charge >= 0.3 is 0 Å². The molecule has 1 saturated heterocycles. The minimum absolute atomic E-state index is 0.300. The van der Waals surface area contributed by atoms with E-state index in [1.807, 2.05) is 6.07 Å². The van der Waals surface area contributed by atoms with Crippen molar-refractivity contribution < 1.29 is 4.79 Å². The van der Waals surface area contributed by atoms with E-state index in [1.54, 1.807) is 12.4 Å². The number of nitrogens with one attached hydrogen (secondary N) is 1. The number of hydrogen-bond acceptors (Lipinski definition) is 4. The normalized spacial score (nSPS) is 31.5. The molecule has 1 amide bonds. The van der Waals surface area contributed by atoms with Gasteiger partial charge in [-0.3, -0.25) is 4.79 Å². The molecule has 0 spiro atoms. The van der Waals surface area contributed by atoms with Crippen LogP contribution in [0.4, 0.5) is 5.95 Å². The van der Waals surface area contributed by atoms with Gasteiger partial charge in [-0.25, -0.2) is 9.97 Å². The Labute approximate surface area is 131 Å². The molecule has 4 rings (SSSR count). The summed E-state index contributed by atoms with van der Waals surface area (Å²) < 4.78 is 0. The van der Waals surface area contributed by atoms with Gasteiger partial charge in [0.25, 0.3) is 0 Å². The molecule has 1 aliphatic heterocycles. The van der Waals surface area contributed by atoms with Crippen LogP contribution in [-0.2, 0) is 4.79 Å². The highest BCUT2D eigenvalue weighted by Gasteiger charge is 2.43. The van der Waals surface area contributed by atoms with Crippen molar-refractivity contribution in [3.8, 4) is 0 Å². The Hall–Kier alpha value is -1.65. The molecule has 1 aromatic rings. The second kappa shape index (κ2) is 5.86.